The van der Waals surface area contributed by atoms with Crippen molar-refractivity contribution in [3.8, 4) is 0 Å². The topological polar surface area (TPSA) is 0 Å². The van der Waals surface area contributed by atoms with Crippen LogP contribution in [0, 0.1) is 16.7 Å². The number of halogens is 1. The van der Waals surface area contributed by atoms with E-state index in [1.807, 2.05) is 0 Å². The van der Waals surface area contributed by atoms with Gasteiger partial charge in [0.25, 0.3) is 0 Å². The second kappa shape index (κ2) is 3.80. The Bertz CT molecular complexity index is 89.0. The quantitative estimate of drug-likeness (QED) is 0.523. The van der Waals surface area contributed by atoms with Gasteiger partial charge in [-0.15, -0.1) is 12.4 Å². The van der Waals surface area contributed by atoms with Crippen LogP contribution in [0.4, 0.5) is 0 Å². The summed E-state index contributed by atoms with van der Waals surface area (Å²) in [6.45, 7) is 16.2. The lowest BCUT2D eigenvalue weighted by Gasteiger charge is -2.38. The Morgan fingerprint density at radius 1 is 0.727 bits per heavy atom. The highest BCUT2D eigenvalue weighted by molar-refractivity contribution is 5.85. The third kappa shape index (κ3) is 4.68. The van der Waals surface area contributed by atoms with E-state index in [0.717, 1.165) is 5.92 Å². The molecular formula is C10H23Cl. The summed E-state index contributed by atoms with van der Waals surface area (Å²) in [5.74, 6) is 0.764. The Balaban J connectivity index is 0. The van der Waals surface area contributed by atoms with E-state index in [-0.39, 0.29) is 12.4 Å². The van der Waals surface area contributed by atoms with Crippen LogP contribution in [0.25, 0.3) is 0 Å². The normalized spacial score (nSPS) is 13.1. The first kappa shape index (κ1) is 13.9. The fraction of sp³-hybridized carbons (Fsp3) is 1.00. The number of hydrogen-bond acceptors (Lipinski definition) is 0. The van der Waals surface area contributed by atoms with E-state index >= 15 is 0 Å². The smallest absolute Gasteiger partial charge is 0.0345 e. The van der Waals surface area contributed by atoms with Crippen LogP contribution in [0.1, 0.15) is 48.5 Å². The molecule has 0 aromatic carbocycles. The third-order valence-corrected chi connectivity index (χ3v) is 2.60. The molecule has 0 N–H and O–H groups in total. The summed E-state index contributed by atoms with van der Waals surface area (Å²) in [6, 6.07) is 0. The highest BCUT2D eigenvalue weighted by atomic mass is 35.5. The maximum absolute atomic E-state index is 2.33. The molecule has 0 aliphatic carbocycles. The van der Waals surface area contributed by atoms with Gasteiger partial charge in [0.05, 0.1) is 0 Å². The minimum absolute atomic E-state index is 0. The Kier molecular flexibility index (Phi) is 4.78. The van der Waals surface area contributed by atoms with Crippen LogP contribution in [-0.2, 0) is 0 Å². The van der Waals surface area contributed by atoms with Crippen molar-refractivity contribution in [1.82, 2.24) is 0 Å². The molecule has 0 unspecified atom stereocenters. The molecule has 0 aliphatic heterocycles. The van der Waals surface area contributed by atoms with E-state index in [0.29, 0.717) is 10.8 Å². The lowest BCUT2D eigenvalue weighted by Crippen LogP contribution is -2.29. The SMILES string of the molecule is CC(C(C)(C)C)C(C)(C)C.Cl. The number of rotatable bonds is 0. The van der Waals surface area contributed by atoms with Gasteiger partial charge in [0.2, 0.25) is 0 Å². The second-order valence-corrected chi connectivity index (χ2v) is 5.45. The van der Waals surface area contributed by atoms with Crippen LogP contribution in [0.15, 0.2) is 0 Å². The van der Waals surface area contributed by atoms with Gasteiger partial charge in [-0.05, 0) is 16.7 Å². The largest absolute Gasteiger partial charge is 0.147 e. The summed E-state index contributed by atoms with van der Waals surface area (Å²) in [6.07, 6.45) is 0. The predicted octanol–water partition coefficient (Wildman–Crippen LogP) is 4.14. The lowest BCUT2D eigenvalue weighted by atomic mass is 9.68. The molecule has 0 nitrogen and oxygen atoms in total. The summed E-state index contributed by atoms with van der Waals surface area (Å²) in [5, 5.41) is 0. The van der Waals surface area contributed by atoms with Crippen LogP contribution in [-0.4, -0.2) is 0 Å². The van der Waals surface area contributed by atoms with Gasteiger partial charge in [0, 0.05) is 0 Å². The van der Waals surface area contributed by atoms with Crippen molar-refractivity contribution in [2.45, 2.75) is 48.5 Å². The summed E-state index contributed by atoms with van der Waals surface area (Å²) in [7, 11) is 0. The van der Waals surface area contributed by atoms with Crippen LogP contribution in [0.3, 0.4) is 0 Å². The molecule has 0 spiro atoms. The molecular weight excluding hydrogens is 156 g/mol. The molecule has 0 aromatic heterocycles. The molecule has 0 saturated carbocycles. The summed E-state index contributed by atoms with van der Waals surface area (Å²) >= 11 is 0. The molecule has 11 heavy (non-hydrogen) atoms. The van der Waals surface area contributed by atoms with Crippen molar-refractivity contribution in [3.05, 3.63) is 0 Å². The highest BCUT2D eigenvalue weighted by Crippen LogP contribution is 2.38. The van der Waals surface area contributed by atoms with Crippen LogP contribution in [0.5, 0.6) is 0 Å². The highest BCUT2D eigenvalue weighted by Gasteiger charge is 2.30. The van der Waals surface area contributed by atoms with Crippen molar-refractivity contribution in [3.63, 3.8) is 0 Å². The summed E-state index contributed by atoms with van der Waals surface area (Å²) in [4.78, 5) is 0. The average molecular weight is 179 g/mol. The Hall–Kier alpha value is 0.290. The maximum atomic E-state index is 2.33. The van der Waals surface area contributed by atoms with Gasteiger partial charge in [0.15, 0.2) is 0 Å². The fourth-order valence-corrected chi connectivity index (χ4v) is 1.30. The monoisotopic (exact) mass is 178 g/mol. The van der Waals surface area contributed by atoms with Crippen LogP contribution in [0.2, 0.25) is 0 Å². The van der Waals surface area contributed by atoms with Crippen molar-refractivity contribution < 1.29 is 0 Å². The predicted molar refractivity (Wildman–Crippen MR) is 55.3 cm³/mol. The average Bonchev–Trinajstić information content (AvgIpc) is 1.59. The Labute approximate surface area is 78.2 Å². The third-order valence-electron chi connectivity index (χ3n) is 2.60. The van der Waals surface area contributed by atoms with Crippen LogP contribution < -0.4 is 0 Å². The second-order valence-electron chi connectivity index (χ2n) is 5.45. The van der Waals surface area contributed by atoms with E-state index < -0.39 is 0 Å². The molecule has 0 heterocycles. The molecule has 0 rings (SSSR count). The first-order valence-corrected chi connectivity index (χ1v) is 4.15. The van der Waals surface area contributed by atoms with Gasteiger partial charge in [-0.3, -0.25) is 0 Å². The summed E-state index contributed by atoms with van der Waals surface area (Å²) in [5.41, 5.74) is 0.885. The van der Waals surface area contributed by atoms with Gasteiger partial charge in [-0.2, -0.15) is 0 Å². The molecule has 70 valence electrons. The van der Waals surface area contributed by atoms with Gasteiger partial charge < -0.3 is 0 Å². The summed E-state index contributed by atoms with van der Waals surface area (Å²) < 4.78 is 0. The van der Waals surface area contributed by atoms with Crippen LogP contribution >= 0.6 is 12.4 Å². The van der Waals surface area contributed by atoms with Crippen molar-refractivity contribution >= 4 is 12.4 Å². The first-order chi connectivity index (χ1) is 4.15. The minimum atomic E-state index is 0. The fourth-order valence-electron chi connectivity index (χ4n) is 1.30. The molecule has 0 radical (unpaired) electrons. The Morgan fingerprint density at radius 2 is 0.909 bits per heavy atom. The molecule has 1 heteroatoms. The van der Waals surface area contributed by atoms with Gasteiger partial charge in [-0.1, -0.05) is 48.5 Å². The standard InChI is InChI=1S/C10H22.ClH/c1-8(9(2,3)4)10(5,6)7;/h8H,1-7H3;1H. The zero-order valence-corrected chi connectivity index (χ0v) is 9.80. The van der Waals surface area contributed by atoms with E-state index in [4.69, 9.17) is 0 Å². The van der Waals surface area contributed by atoms with Crippen molar-refractivity contribution in [2.75, 3.05) is 0 Å². The van der Waals surface area contributed by atoms with Gasteiger partial charge >= 0.3 is 0 Å². The van der Waals surface area contributed by atoms with Gasteiger partial charge in [0.1, 0.15) is 0 Å². The minimum Gasteiger partial charge on any atom is -0.147 e. The Morgan fingerprint density at radius 3 is 0.909 bits per heavy atom. The van der Waals surface area contributed by atoms with Crippen molar-refractivity contribution in [1.29, 1.82) is 0 Å². The molecule has 0 amide bonds. The first-order valence-electron chi connectivity index (χ1n) is 4.15. The zero-order valence-electron chi connectivity index (χ0n) is 8.99. The van der Waals surface area contributed by atoms with E-state index in [9.17, 15) is 0 Å². The molecule has 0 fully saturated rings. The van der Waals surface area contributed by atoms with E-state index in [1.165, 1.54) is 0 Å². The maximum Gasteiger partial charge on any atom is -0.0345 e. The number of hydrogen-bond donors (Lipinski definition) is 0. The van der Waals surface area contributed by atoms with E-state index in [1.54, 1.807) is 0 Å². The molecule has 0 bridgehead atoms. The molecule has 0 aromatic rings. The van der Waals surface area contributed by atoms with E-state index in [2.05, 4.69) is 48.5 Å². The zero-order chi connectivity index (χ0) is 8.58. The molecule has 0 aliphatic rings. The lowest BCUT2D eigenvalue weighted by molar-refractivity contribution is 0.121. The molecule has 0 atom stereocenters. The van der Waals surface area contributed by atoms with Crippen molar-refractivity contribution in [2.24, 2.45) is 16.7 Å². The molecule has 0 saturated heterocycles. The van der Waals surface area contributed by atoms with Gasteiger partial charge in [-0.25, -0.2) is 0 Å².